The van der Waals surface area contributed by atoms with Gasteiger partial charge in [0, 0.05) is 18.1 Å². The van der Waals surface area contributed by atoms with E-state index in [1.165, 1.54) is 13.2 Å². The Hall–Kier alpha value is -4.53. The first kappa shape index (κ1) is 36.7. The minimum Gasteiger partial charge on any atom is -0.493 e. The third kappa shape index (κ3) is 14.7. The fourth-order valence-corrected chi connectivity index (χ4v) is 4.11. The molecule has 9 nitrogen and oxygen atoms in total. The molecule has 0 aromatic heterocycles. The van der Waals surface area contributed by atoms with Gasteiger partial charge in [-0.2, -0.15) is 0 Å². The van der Waals surface area contributed by atoms with E-state index in [0.29, 0.717) is 54.8 Å². The molecule has 0 heterocycles. The van der Waals surface area contributed by atoms with Crippen molar-refractivity contribution >= 4 is 29.9 Å². The fraction of sp³-hybridized carbons (Fsp3) is 0.417. The van der Waals surface area contributed by atoms with E-state index in [0.717, 1.165) is 56.1 Å². The molecule has 244 valence electrons. The van der Waals surface area contributed by atoms with Crippen LogP contribution < -0.4 is 18.9 Å². The maximum Gasteiger partial charge on any atom is 0.333 e. The van der Waals surface area contributed by atoms with Gasteiger partial charge in [-0.25, -0.2) is 9.59 Å². The summed E-state index contributed by atoms with van der Waals surface area (Å²) >= 11 is 0. The summed E-state index contributed by atoms with van der Waals surface area (Å²) in [5.74, 6) is 1.74. The summed E-state index contributed by atoms with van der Waals surface area (Å²) in [5.41, 5.74) is 2.06. The van der Waals surface area contributed by atoms with Gasteiger partial charge in [-0.1, -0.05) is 24.8 Å². The fourth-order valence-electron chi connectivity index (χ4n) is 4.11. The molecule has 0 spiro atoms. The van der Waals surface area contributed by atoms with Crippen molar-refractivity contribution < 1.29 is 42.8 Å². The van der Waals surface area contributed by atoms with Gasteiger partial charge in [-0.15, -0.1) is 0 Å². The van der Waals surface area contributed by atoms with E-state index >= 15 is 0 Å². The molecule has 0 saturated carbocycles. The number of carbonyl (C=O) groups excluding carboxylic acids is 3. The second-order valence-electron chi connectivity index (χ2n) is 10.3. The average Bonchev–Trinajstić information content (AvgIpc) is 3.05. The van der Waals surface area contributed by atoms with Gasteiger partial charge in [0.15, 0.2) is 28.8 Å². The van der Waals surface area contributed by atoms with Crippen LogP contribution in [0.4, 0.5) is 0 Å². The molecule has 0 atom stereocenters. The number of unbranched alkanes of at least 4 members (excludes halogenated alkanes) is 5. The van der Waals surface area contributed by atoms with E-state index in [9.17, 15) is 14.4 Å². The average molecular weight is 623 g/mol. The topological polar surface area (TPSA) is 107 Å². The van der Waals surface area contributed by atoms with Crippen molar-refractivity contribution in [2.45, 2.75) is 58.3 Å². The number of rotatable bonds is 22. The van der Waals surface area contributed by atoms with E-state index in [1.54, 1.807) is 51.5 Å². The van der Waals surface area contributed by atoms with Gasteiger partial charge in [-0.3, -0.25) is 4.79 Å². The van der Waals surface area contributed by atoms with Crippen LogP contribution in [0.15, 0.2) is 60.7 Å². The monoisotopic (exact) mass is 622 g/mol. The van der Waals surface area contributed by atoms with E-state index in [-0.39, 0.29) is 11.8 Å². The number of hydrogen-bond donors (Lipinski definition) is 0. The molecule has 2 aromatic rings. The smallest absolute Gasteiger partial charge is 0.333 e. The minimum atomic E-state index is -0.430. The van der Waals surface area contributed by atoms with Crippen LogP contribution in [0.25, 0.3) is 12.2 Å². The first-order valence-electron chi connectivity index (χ1n) is 15.2. The van der Waals surface area contributed by atoms with Gasteiger partial charge in [-0.05, 0) is 99.4 Å². The molecule has 0 aliphatic rings. The molecule has 45 heavy (non-hydrogen) atoms. The molecule has 2 aromatic carbocycles. The van der Waals surface area contributed by atoms with Gasteiger partial charge in [0.1, 0.15) is 0 Å². The largest absolute Gasteiger partial charge is 0.493 e. The van der Waals surface area contributed by atoms with Crippen LogP contribution in [-0.4, -0.2) is 58.9 Å². The Morgan fingerprint density at radius 1 is 0.667 bits per heavy atom. The molecular weight excluding hydrogens is 576 g/mol. The summed E-state index contributed by atoms with van der Waals surface area (Å²) in [6.45, 7) is 6.65. The van der Waals surface area contributed by atoms with Crippen LogP contribution in [0.5, 0.6) is 23.0 Å². The van der Waals surface area contributed by atoms with Crippen molar-refractivity contribution in [3.05, 3.63) is 71.8 Å². The van der Waals surface area contributed by atoms with Crippen molar-refractivity contribution in [2.24, 2.45) is 0 Å². The summed E-state index contributed by atoms with van der Waals surface area (Å²) in [4.78, 5) is 35.1. The van der Waals surface area contributed by atoms with Gasteiger partial charge < -0.3 is 28.4 Å². The zero-order valence-corrected chi connectivity index (χ0v) is 26.9. The van der Waals surface area contributed by atoms with Gasteiger partial charge >= 0.3 is 11.9 Å². The number of methoxy groups -OCH3 is 3. The first-order chi connectivity index (χ1) is 21.8. The number of hydrogen-bond acceptors (Lipinski definition) is 9. The summed E-state index contributed by atoms with van der Waals surface area (Å²) in [6, 6.07) is 11.0. The molecule has 0 bridgehead atoms. The second-order valence-corrected chi connectivity index (χ2v) is 10.3. The molecule has 2 rings (SSSR count). The molecule has 0 N–H and O–H groups in total. The van der Waals surface area contributed by atoms with Crippen LogP contribution >= 0.6 is 0 Å². The summed E-state index contributed by atoms with van der Waals surface area (Å²) in [6.07, 6.45) is 12.8. The Bertz CT molecular complexity index is 1310. The van der Waals surface area contributed by atoms with Gasteiger partial charge in [0.2, 0.25) is 0 Å². The Morgan fingerprint density at radius 3 is 1.69 bits per heavy atom. The SMILES string of the molecule is C=C(C)C(=O)OCCCCCCOc1ccc(/C=C/C(=O)CCCCCOc2ccc(/C=C/C(=O)OC)cc2OC)cc1OC. The Morgan fingerprint density at radius 2 is 1.18 bits per heavy atom. The molecule has 0 aliphatic carbocycles. The van der Waals surface area contributed by atoms with Crippen molar-refractivity contribution in [3.8, 4) is 23.0 Å². The molecule has 0 unspecified atom stereocenters. The third-order valence-corrected chi connectivity index (χ3v) is 6.65. The predicted octanol–water partition coefficient (Wildman–Crippen LogP) is 7.17. The standard InChI is InChI=1S/C36H46O9/c1-27(2)36(39)45-24-11-7-6-10-22-43-31-19-15-28(25-33(31)40-3)14-18-30(37)13-9-8-12-23-44-32-20-16-29(26-34(32)41-4)17-21-35(38)42-5/h14-21,25-26H,1,6-13,22-24H2,2-5H3/b18-14+,21-17+. The number of carbonyl (C=O) groups is 3. The molecule has 0 radical (unpaired) electrons. The lowest BCUT2D eigenvalue weighted by Crippen LogP contribution is -2.06. The maximum absolute atomic E-state index is 12.4. The predicted molar refractivity (Wildman–Crippen MR) is 175 cm³/mol. The Balaban J connectivity index is 1.66. The third-order valence-electron chi connectivity index (χ3n) is 6.65. The minimum absolute atomic E-state index is 0.0573. The summed E-state index contributed by atoms with van der Waals surface area (Å²) in [7, 11) is 4.48. The second kappa shape index (κ2) is 21.2. The summed E-state index contributed by atoms with van der Waals surface area (Å²) in [5, 5.41) is 0. The summed E-state index contributed by atoms with van der Waals surface area (Å²) < 4.78 is 32.3. The van der Waals surface area contributed by atoms with Crippen molar-refractivity contribution in [1.82, 2.24) is 0 Å². The quantitative estimate of drug-likeness (QED) is 0.0767. The van der Waals surface area contributed by atoms with Gasteiger partial charge in [0.05, 0.1) is 41.2 Å². The molecule has 9 heteroatoms. The van der Waals surface area contributed by atoms with Crippen LogP contribution in [0.3, 0.4) is 0 Å². The first-order valence-corrected chi connectivity index (χ1v) is 15.2. The zero-order valence-electron chi connectivity index (χ0n) is 26.9. The van der Waals surface area contributed by atoms with E-state index in [2.05, 4.69) is 11.3 Å². The van der Waals surface area contributed by atoms with Crippen LogP contribution in [0, 0.1) is 0 Å². The van der Waals surface area contributed by atoms with Crippen LogP contribution in [0.1, 0.15) is 69.4 Å². The lowest BCUT2D eigenvalue weighted by Gasteiger charge is -2.11. The highest BCUT2D eigenvalue weighted by Crippen LogP contribution is 2.30. The van der Waals surface area contributed by atoms with Crippen LogP contribution in [0.2, 0.25) is 0 Å². The number of ketones is 1. The normalized spacial score (nSPS) is 10.9. The number of ether oxygens (including phenoxy) is 6. The van der Waals surface area contributed by atoms with E-state index < -0.39 is 5.97 Å². The highest BCUT2D eigenvalue weighted by Gasteiger charge is 2.08. The highest BCUT2D eigenvalue weighted by molar-refractivity contribution is 5.93. The van der Waals surface area contributed by atoms with Crippen molar-refractivity contribution in [1.29, 1.82) is 0 Å². The Labute approximate surface area is 266 Å². The zero-order chi connectivity index (χ0) is 32.9. The van der Waals surface area contributed by atoms with E-state index in [1.807, 2.05) is 24.3 Å². The van der Waals surface area contributed by atoms with Crippen molar-refractivity contribution in [2.75, 3.05) is 41.2 Å². The van der Waals surface area contributed by atoms with Crippen molar-refractivity contribution in [3.63, 3.8) is 0 Å². The molecule has 0 saturated heterocycles. The molecule has 0 aliphatic heterocycles. The Kier molecular flexibility index (Phi) is 17.3. The number of benzene rings is 2. The number of esters is 2. The molecular formula is C36H46O9. The molecule has 0 amide bonds. The lowest BCUT2D eigenvalue weighted by atomic mass is 10.1. The van der Waals surface area contributed by atoms with Crippen LogP contribution in [-0.2, 0) is 23.9 Å². The number of allylic oxidation sites excluding steroid dienone is 1. The van der Waals surface area contributed by atoms with E-state index in [4.69, 9.17) is 23.7 Å². The molecule has 0 fully saturated rings. The maximum atomic E-state index is 12.4. The highest BCUT2D eigenvalue weighted by atomic mass is 16.5. The van der Waals surface area contributed by atoms with Gasteiger partial charge in [0.25, 0.3) is 0 Å². The lowest BCUT2D eigenvalue weighted by molar-refractivity contribution is -0.139.